The molecule has 0 aromatic carbocycles. The quantitative estimate of drug-likeness (QED) is 0.542. The van der Waals surface area contributed by atoms with E-state index in [1.165, 1.54) is 6.20 Å². The summed E-state index contributed by atoms with van der Waals surface area (Å²) in [5, 5.41) is 14.8. The Hall–Kier alpha value is -1.65. The van der Waals surface area contributed by atoms with Gasteiger partial charge in [0.25, 0.3) is 0 Å². The zero-order chi connectivity index (χ0) is 10.8. The lowest BCUT2D eigenvalue weighted by Crippen LogP contribution is -2.26. The van der Waals surface area contributed by atoms with Crippen molar-refractivity contribution in [2.75, 3.05) is 0 Å². The van der Waals surface area contributed by atoms with Gasteiger partial charge in [-0.1, -0.05) is 0 Å². The average molecular weight is 194 g/mol. The summed E-state index contributed by atoms with van der Waals surface area (Å²) in [4.78, 5) is 0. The maximum absolute atomic E-state index is 7.31. The molecular formula is C9H14N4O. The molecule has 3 N–H and O–H groups in total. The third-order valence-electron chi connectivity index (χ3n) is 1.38. The van der Waals surface area contributed by atoms with Gasteiger partial charge in [0.15, 0.2) is 0 Å². The highest BCUT2D eigenvalue weighted by atomic mass is 16.5. The second kappa shape index (κ2) is 3.61. The molecule has 0 bridgehead atoms. The van der Waals surface area contributed by atoms with E-state index in [2.05, 4.69) is 10.2 Å². The third kappa shape index (κ3) is 2.69. The van der Waals surface area contributed by atoms with Gasteiger partial charge in [0, 0.05) is 0 Å². The molecule has 0 amide bonds. The first-order valence-corrected chi connectivity index (χ1v) is 4.25. The van der Waals surface area contributed by atoms with E-state index in [1.54, 1.807) is 6.07 Å². The van der Waals surface area contributed by atoms with Crippen LogP contribution < -0.4 is 10.5 Å². The summed E-state index contributed by atoms with van der Waals surface area (Å²) in [7, 11) is 0. The smallest absolute Gasteiger partial charge is 0.245 e. The molecule has 1 aromatic rings. The predicted octanol–water partition coefficient (Wildman–Crippen LogP) is 0.938. The lowest BCUT2D eigenvalue weighted by atomic mass is 10.2. The molecule has 0 radical (unpaired) electrons. The van der Waals surface area contributed by atoms with Crippen LogP contribution in [-0.2, 0) is 0 Å². The maximum Gasteiger partial charge on any atom is 0.245 e. The molecule has 1 heterocycles. The molecule has 0 saturated carbocycles. The Morgan fingerprint density at radius 2 is 2.14 bits per heavy atom. The number of nitrogens with two attached hydrogens (primary N) is 1. The van der Waals surface area contributed by atoms with E-state index in [-0.39, 0.29) is 11.4 Å². The number of nitrogen functional groups attached to an aromatic ring is 1. The molecule has 1 aromatic heterocycles. The molecule has 0 aliphatic carbocycles. The zero-order valence-corrected chi connectivity index (χ0v) is 8.53. The van der Waals surface area contributed by atoms with Crippen molar-refractivity contribution in [2.45, 2.75) is 26.4 Å². The minimum absolute atomic E-state index is 0.0702. The van der Waals surface area contributed by atoms with Crippen LogP contribution in [0.3, 0.4) is 0 Å². The van der Waals surface area contributed by atoms with Crippen LogP contribution in [0.25, 0.3) is 0 Å². The highest BCUT2D eigenvalue weighted by Gasteiger charge is 2.16. The number of nitrogens with one attached hydrogen (secondary N) is 1. The summed E-state index contributed by atoms with van der Waals surface area (Å²) in [6, 6.07) is 1.61. The van der Waals surface area contributed by atoms with Crippen LogP contribution in [0.15, 0.2) is 12.3 Å². The molecule has 0 aliphatic rings. The number of hydrogen-bond donors (Lipinski definition) is 2. The molecule has 76 valence electrons. The molecule has 0 saturated heterocycles. The first-order chi connectivity index (χ1) is 6.40. The number of aromatic nitrogens is 2. The summed E-state index contributed by atoms with van der Waals surface area (Å²) in [6.07, 6.45) is 1.48. The van der Waals surface area contributed by atoms with Gasteiger partial charge in [-0.3, -0.25) is 5.41 Å². The lowest BCUT2D eigenvalue weighted by molar-refractivity contribution is 0.122. The highest BCUT2D eigenvalue weighted by Crippen LogP contribution is 2.18. The van der Waals surface area contributed by atoms with Gasteiger partial charge in [-0.2, -0.15) is 5.10 Å². The van der Waals surface area contributed by atoms with Crippen LogP contribution in [0, 0.1) is 5.41 Å². The van der Waals surface area contributed by atoms with Gasteiger partial charge in [-0.25, -0.2) is 0 Å². The minimum atomic E-state index is -0.375. The van der Waals surface area contributed by atoms with E-state index in [0.717, 1.165) is 0 Å². The van der Waals surface area contributed by atoms with Crippen molar-refractivity contribution in [1.82, 2.24) is 10.2 Å². The Labute approximate surface area is 82.8 Å². The summed E-state index contributed by atoms with van der Waals surface area (Å²) >= 11 is 0. The normalized spacial score (nSPS) is 11.1. The molecule has 0 spiro atoms. The molecule has 0 atom stereocenters. The van der Waals surface area contributed by atoms with Crippen LogP contribution >= 0.6 is 0 Å². The Morgan fingerprint density at radius 1 is 1.50 bits per heavy atom. The van der Waals surface area contributed by atoms with Crippen LogP contribution in [0.2, 0.25) is 0 Å². The van der Waals surface area contributed by atoms with Gasteiger partial charge in [0.2, 0.25) is 5.88 Å². The van der Waals surface area contributed by atoms with E-state index in [0.29, 0.717) is 11.4 Å². The number of rotatable bonds is 2. The summed E-state index contributed by atoms with van der Waals surface area (Å²) < 4.78 is 5.50. The monoisotopic (exact) mass is 194 g/mol. The van der Waals surface area contributed by atoms with Crippen molar-refractivity contribution in [1.29, 1.82) is 5.41 Å². The number of hydrogen-bond acceptors (Lipinski definition) is 4. The Morgan fingerprint density at radius 3 is 2.64 bits per heavy atom. The highest BCUT2D eigenvalue weighted by molar-refractivity contribution is 5.96. The topological polar surface area (TPSA) is 84.9 Å². The summed E-state index contributed by atoms with van der Waals surface area (Å²) in [5.41, 5.74) is 5.46. The lowest BCUT2D eigenvalue weighted by Gasteiger charge is -2.21. The molecule has 5 nitrogen and oxygen atoms in total. The molecule has 1 rings (SSSR count). The van der Waals surface area contributed by atoms with Crippen molar-refractivity contribution >= 4 is 5.84 Å². The molecular weight excluding hydrogens is 180 g/mol. The van der Waals surface area contributed by atoms with Gasteiger partial charge in [0.05, 0.1) is 11.8 Å². The van der Waals surface area contributed by atoms with Gasteiger partial charge in [-0.05, 0) is 26.8 Å². The minimum Gasteiger partial charge on any atom is -0.470 e. The fourth-order valence-electron chi connectivity index (χ4n) is 0.889. The Kier molecular flexibility index (Phi) is 2.69. The van der Waals surface area contributed by atoms with Crippen molar-refractivity contribution in [3.63, 3.8) is 0 Å². The van der Waals surface area contributed by atoms with Gasteiger partial charge >= 0.3 is 0 Å². The Bertz CT molecular complexity index is 343. The molecule has 14 heavy (non-hydrogen) atoms. The Balaban J connectivity index is 3.02. The second-order valence-electron chi connectivity index (χ2n) is 3.88. The zero-order valence-electron chi connectivity index (χ0n) is 8.53. The van der Waals surface area contributed by atoms with E-state index in [4.69, 9.17) is 15.9 Å². The standard InChI is InChI=1S/C9H14N4O/c1-9(2,3)14-8-6(7(10)11)4-5-12-13-8/h4-5H,1-3H3,(H3,10,11). The number of nitrogens with zero attached hydrogens (tertiary/aromatic N) is 2. The maximum atomic E-state index is 7.31. The largest absolute Gasteiger partial charge is 0.470 e. The van der Waals surface area contributed by atoms with Crippen LogP contribution in [0.1, 0.15) is 26.3 Å². The van der Waals surface area contributed by atoms with Crippen molar-refractivity contribution in [2.24, 2.45) is 5.73 Å². The predicted molar refractivity (Wildman–Crippen MR) is 53.4 cm³/mol. The molecule has 0 unspecified atom stereocenters. The molecule has 0 fully saturated rings. The van der Waals surface area contributed by atoms with E-state index in [1.807, 2.05) is 20.8 Å². The van der Waals surface area contributed by atoms with Crippen LogP contribution in [-0.4, -0.2) is 21.6 Å². The molecule has 5 heteroatoms. The SMILES string of the molecule is CC(C)(C)Oc1nnccc1C(=N)N. The first-order valence-electron chi connectivity index (χ1n) is 4.25. The number of amidine groups is 1. The van der Waals surface area contributed by atoms with Gasteiger partial charge < -0.3 is 10.5 Å². The fraction of sp³-hybridized carbons (Fsp3) is 0.444. The van der Waals surface area contributed by atoms with Gasteiger partial charge in [0.1, 0.15) is 11.4 Å². The van der Waals surface area contributed by atoms with Crippen molar-refractivity contribution < 1.29 is 4.74 Å². The van der Waals surface area contributed by atoms with Crippen molar-refractivity contribution in [3.05, 3.63) is 17.8 Å². The van der Waals surface area contributed by atoms with E-state index in [9.17, 15) is 0 Å². The second-order valence-corrected chi connectivity index (χ2v) is 3.88. The van der Waals surface area contributed by atoms with Crippen LogP contribution in [0.4, 0.5) is 0 Å². The third-order valence-corrected chi connectivity index (χ3v) is 1.38. The van der Waals surface area contributed by atoms with Gasteiger partial charge in [-0.15, -0.1) is 5.10 Å². The first kappa shape index (κ1) is 10.4. The summed E-state index contributed by atoms with van der Waals surface area (Å²) in [5.74, 6) is 0.228. The fourth-order valence-corrected chi connectivity index (χ4v) is 0.889. The van der Waals surface area contributed by atoms with E-state index < -0.39 is 0 Å². The molecule has 0 aliphatic heterocycles. The van der Waals surface area contributed by atoms with Crippen LogP contribution in [0.5, 0.6) is 5.88 Å². The van der Waals surface area contributed by atoms with E-state index >= 15 is 0 Å². The van der Waals surface area contributed by atoms with Crippen molar-refractivity contribution in [3.8, 4) is 5.88 Å². The number of ether oxygens (including phenoxy) is 1. The average Bonchev–Trinajstić information content (AvgIpc) is 2.01. The summed E-state index contributed by atoms with van der Waals surface area (Å²) in [6.45, 7) is 5.68.